The number of rotatable bonds is 1. The van der Waals surface area contributed by atoms with Crippen molar-refractivity contribution in [3.8, 4) is 0 Å². The largest absolute Gasteiger partial charge is 0.431 e. The Morgan fingerprint density at radius 1 is 1.00 bits per heavy atom. The maximum atomic E-state index is 12.2. The third kappa shape index (κ3) is 2.40. The smallest absolute Gasteiger partial charge is 0.335 e. The molecule has 4 fully saturated rings. The highest BCUT2D eigenvalue weighted by Crippen LogP contribution is 2.70. The monoisotopic (exact) mass is 386 g/mol. The van der Waals surface area contributed by atoms with Crippen LogP contribution in [0.25, 0.3) is 0 Å². The summed E-state index contributed by atoms with van der Waals surface area (Å²) in [6.45, 7) is 4.73. The minimum absolute atomic E-state index is 0.129. The van der Waals surface area contributed by atoms with Crippen molar-refractivity contribution in [1.82, 2.24) is 0 Å². The van der Waals surface area contributed by atoms with Crippen molar-refractivity contribution in [3.63, 3.8) is 0 Å². The molecule has 0 unspecified atom stereocenters. The first-order valence-corrected chi connectivity index (χ1v) is 11.3. The normalized spacial score (nSPS) is 50.5. The van der Waals surface area contributed by atoms with Crippen LogP contribution in [0.2, 0.25) is 0 Å². The quantitative estimate of drug-likeness (QED) is 0.757. The zero-order valence-electron chi connectivity index (χ0n) is 17.2. The van der Waals surface area contributed by atoms with E-state index in [1.165, 1.54) is 12.5 Å². The molecular weight excluding hydrogens is 352 g/mol. The number of aliphatic hydroxyl groups excluding tert-OH is 1. The van der Waals surface area contributed by atoms with E-state index in [1.807, 2.05) is 6.07 Å². The molecule has 1 aromatic heterocycles. The summed E-state index contributed by atoms with van der Waals surface area (Å²) < 4.78 is 5.17. The second-order valence-electron chi connectivity index (χ2n) is 10.8. The van der Waals surface area contributed by atoms with Gasteiger partial charge in [0.1, 0.15) is 0 Å². The highest BCUT2D eigenvalue weighted by Gasteiger charge is 2.67. The van der Waals surface area contributed by atoms with Crippen LogP contribution in [0.4, 0.5) is 0 Å². The topological polar surface area (TPSA) is 70.7 Å². The summed E-state index contributed by atoms with van der Waals surface area (Å²) in [4.78, 5) is 11.4. The Kier molecular flexibility index (Phi) is 4.17. The summed E-state index contributed by atoms with van der Waals surface area (Å²) in [5.74, 6) is 1.76. The lowest BCUT2D eigenvalue weighted by atomic mass is 9.43. The van der Waals surface area contributed by atoms with Crippen molar-refractivity contribution in [2.75, 3.05) is 0 Å². The number of aliphatic hydroxyl groups is 2. The zero-order chi connectivity index (χ0) is 19.7. The SMILES string of the molecule is C[C@]12CC[C@H](O)C[C@@H]1CC[C@H]1[C@@H]2CC[C@]2(C)[C@@H](c3ccc(=O)oc3)CC[C@]12O. The molecule has 4 aliphatic rings. The highest BCUT2D eigenvalue weighted by atomic mass is 16.4. The molecule has 0 spiro atoms. The lowest BCUT2D eigenvalue weighted by Gasteiger charge is -2.63. The van der Waals surface area contributed by atoms with Crippen LogP contribution in [0, 0.1) is 28.6 Å². The van der Waals surface area contributed by atoms with Gasteiger partial charge in [-0.15, -0.1) is 0 Å². The van der Waals surface area contributed by atoms with Gasteiger partial charge in [-0.3, -0.25) is 0 Å². The van der Waals surface area contributed by atoms with E-state index >= 15 is 0 Å². The molecule has 4 heteroatoms. The molecule has 0 radical (unpaired) electrons. The minimum atomic E-state index is -0.638. The molecule has 1 heterocycles. The maximum Gasteiger partial charge on any atom is 0.335 e. The van der Waals surface area contributed by atoms with Crippen LogP contribution in [0.15, 0.2) is 27.6 Å². The van der Waals surface area contributed by atoms with Crippen LogP contribution in [0.5, 0.6) is 0 Å². The van der Waals surface area contributed by atoms with Crippen LogP contribution in [-0.4, -0.2) is 21.9 Å². The molecule has 4 nitrogen and oxygen atoms in total. The molecule has 0 aromatic carbocycles. The molecule has 28 heavy (non-hydrogen) atoms. The van der Waals surface area contributed by atoms with Crippen LogP contribution in [0.1, 0.15) is 83.1 Å². The minimum Gasteiger partial charge on any atom is -0.431 e. The molecule has 0 saturated heterocycles. The first-order valence-electron chi connectivity index (χ1n) is 11.3. The van der Waals surface area contributed by atoms with Crippen LogP contribution in [0.3, 0.4) is 0 Å². The van der Waals surface area contributed by atoms with E-state index in [4.69, 9.17) is 4.42 Å². The number of hydrogen-bond donors (Lipinski definition) is 2. The van der Waals surface area contributed by atoms with Crippen molar-refractivity contribution < 1.29 is 14.6 Å². The van der Waals surface area contributed by atoms with E-state index in [0.717, 1.165) is 56.9 Å². The van der Waals surface area contributed by atoms with Gasteiger partial charge in [0.15, 0.2) is 0 Å². The molecule has 4 aliphatic carbocycles. The number of hydrogen-bond acceptors (Lipinski definition) is 4. The summed E-state index contributed by atoms with van der Waals surface area (Å²) in [7, 11) is 0. The third-order valence-electron chi connectivity index (χ3n) is 9.95. The van der Waals surface area contributed by atoms with E-state index in [0.29, 0.717) is 17.8 Å². The van der Waals surface area contributed by atoms with Crippen LogP contribution >= 0.6 is 0 Å². The summed E-state index contributed by atoms with van der Waals surface area (Å²) in [6.07, 6.45) is 10.7. The van der Waals surface area contributed by atoms with Gasteiger partial charge in [-0.05, 0) is 98.5 Å². The van der Waals surface area contributed by atoms with Gasteiger partial charge in [0.25, 0.3) is 0 Å². The standard InChI is InChI=1S/C24H34O4/c1-22-10-7-17(25)13-16(22)4-5-20-19(22)8-11-23(2)18(9-12-24(20,23)27)15-3-6-21(26)28-14-15/h3,6,14,16-20,25,27H,4-5,7-13H2,1-2H3/t16-,17-,18+,19-,20-,22-,23+,24-/m0/s1. The van der Waals surface area contributed by atoms with Crippen LogP contribution < -0.4 is 5.63 Å². The predicted molar refractivity (Wildman–Crippen MR) is 107 cm³/mol. The summed E-state index contributed by atoms with van der Waals surface area (Å²) >= 11 is 0. The van der Waals surface area contributed by atoms with Gasteiger partial charge in [0.2, 0.25) is 0 Å². The van der Waals surface area contributed by atoms with Gasteiger partial charge >= 0.3 is 5.63 Å². The summed E-state index contributed by atoms with van der Waals surface area (Å²) in [6, 6.07) is 3.42. The fraction of sp³-hybridized carbons (Fsp3) is 0.792. The van der Waals surface area contributed by atoms with Gasteiger partial charge in [-0.25, -0.2) is 4.79 Å². The lowest BCUT2D eigenvalue weighted by Crippen LogP contribution is -2.62. The van der Waals surface area contributed by atoms with Gasteiger partial charge < -0.3 is 14.6 Å². The van der Waals surface area contributed by atoms with Crippen LogP contribution in [-0.2, 0) is 0 Å². The Morgan fingerprint density at radius 3 is 2.57 bits per heavy atom. The average molecular weight is 387 g/mol. The van der Waals surface area contributed by atoms with Gasteiger partial charge in [0.05, 0.1) is 18.0 Å². The Bertz CT molecular complexity index is 797. The average Bonchev–Trinajstić information content (AvgIpc) is 2.95. The molecule has 154 valence electrons. The molecule has 0 aliphatic heterocycles. The molecule has 0 amide bonds. The Morgan fingerprint density at radius 2 is 1.82 bits per heavy atom. The van der Waals surface area contributed by atoms with Crippen molar-refractivity contribution >= 4 is 0 Å². The number of fused-ring (bicyclic) bond motifs is 5. The first kappa shape index (κ1) is 18.9. The molecule has 4 saturated carbocycles. The molecule has 1 aromatic rings. The Labute approximate surface area is 167 Å². The van der Waals surface area contributed by atoms with E-state index in [-0.39, 0.29) is 28.5 Å². The van der Waals surface area contributed by atoms with E-state index < -0.39 is 5.60 Å². The highest BCUT2D eigenvalue weighted by molar-refractivity contribution is 5.27. The summed E-state index contributed by atoms with van der Waals surface area (Å²) in [5.41, 5.74) is 0.219. The van der Waals surface area contributed by atoms with Crippen molar-refractivity contribution in [3.05, 3.63) is 34.4 Å². The van der Waals surface area contributed by atoms with Crippen molar-refractivity contribution in [2.24, 2.45) is 28.6 Å². The lowest BCUT2D eigenvalue weighted by molar-refractivity contribution is -0.205. The molecule has 8 atom stereocenters. The van der Waals surface area contributed by atoms with E-state index in [1.54, 1.807) is 6.26 Å². The zero-order valence-corrected chi connectivity index (χ0v) is 17.2. The fourth-order valence-electron chi connectivity index (χ4n) is 8.30. The molecule has 2 N–H and O–H groups in total. The molecule has 5 rings (SSSR count). The Hall–Kier alpha value is -1.13. The molecular formula is C24H34O4. The fourth-order valence-corrected chi connectivity index (χ4v) is 8.30. The van der Waals surface area contributed by atoms with Gasteiger partial charge in [-0.2, -0.15) is 0 Å². The first-order chi connectivity index (χ1) is 13.3. The van der Waals surface area contributed by atoms with E-state index in [2.05, 4.69) is 13.8 Å². The van der Waals surface area contributed by atoms with Gasteiger partial charge in [-0.1, -0.05) is 13.8 Å². The summed E-state index contributed by atoms with van der Waals surface area (Å²) in [5, 5.41) is 22.4. The molecule has 0 bridgehead atoms. The van der Waals surface area contributed by atoms with E-state index in [9.17, 15) is 15.0 Å². The van der Waals surface area contributed by atoms with Crippen molar-refractivity contribution in [1.29, 1.82) is 0 Å². The second-order valence-corrected chi connectivity index (χ2v) is 10.8. The third-order valence-corrected chi connectivity index (χ3v) is 9.95. The predicted octanol–water partition coefficient (Wildman–Crippen LogP) is 4.24. The van der Waals surface area contributed by atoms with Crippen molar-refractivity contribution in [2.45, 2.75) is 89.3 Å². The van der Waals surface area contributed by atoms with Gasteiger partial charge in [0, 0.05) is 11.5 Å². The Balaban J connectivity index is 1.48. The second kappa shape index (κ2) is 6.18. The maximum absolute atomic E-state index is 12.2.